The van der Waals surface area contributed by atoms with Crippen molar-refractivity contribution in [1.29, 1.82) is 0 Å². The van der Waals surface area contributed by atoms with Crippen molar-refractivity contribution >= 4 is 45.3 Å². The van der Waals surface area contributed by atoms with Crippen LogP contribution in [0, 0.1) is 0 Å². The highest BCUT2D eigenvalue weighted by Crippen LogP contribution is 2.40. The summed E-state index contributed by atoms with van der Waals surface area (Å²) in [7, 11) is 0. The molecule has 3 aromatic rings. The van der Waals surface area contributed by atoms with Gasteiger partial charge in [0.2, 0.25) is 0 Å². The molecule has 0 amide bonds. The fourth-order valence-corrected chi connectivity index (χ4v) is 6.21. The molecule has 1 saturated heterocycles. The van der Waals surface area contributed by atoms with Crippen molar-refractivity contribution in [3.05, 3.63) is 59.1 Å². The maximum atomic E-state index is 4.84. The number of nitrogens with zero attached hydrogens (tertiary/aromatic N) is 5. The van der Waals surface area contributed by atoms with E-state index < -0.39 is 0 Å². The minimum absolute atomic E-state index is 0.931. The zero-order chi connectivity index (χ0) is 20.2. The number of allylic oxidation sites excluding steroid dienone is 2. The van der Waals surface area contributed by atoms with Crippen LogP contribution in [0.25, 0.3) is 10.2 Å². The topological polar surface area (TPSA) is 44.6 Å². The number of benzene rings is 1. The molecule has 0 saturated carbocycles. The number of hydrazone groups is 1. The summed E-state index contributed by atoms with van der Waals surface area (Å²) in [6.07, 6.45) is 8.73. The standard InChI is InChI=1S/C23H25N5S2/c1-3-9-20(29-23-26-19-8-2-4-10-21(19)30-23)18(7-1)17-25-28-15-13-27(14-16-28)22-11-5-6-12-24-22/h2,4-6,8,10-12,17H,1,3,7,9,13-16H2/b25-17+. The Balaban J connectivity index is 1.25. The Bertz CT molecular complexity index is 1020. The van der Waals surface area contributed by atoms with Crippen LogP contribution in [0.15, 0.2) is 68.6 Å². The van der Waals surface area contributed by atoms with Gasteiger partial charge in [-0.25, -0.2) is 9.97 Å². The molecule has 5 rings (SSSR count). The molecule has 0 radical (unpaired) electrons. The summed E-state index contributed by atoms with van der Waals surface area (Å²) in [5, 5.41) is 7.04. The molecule has 3 heterocycles. The molecule has 1 fully saturated rings. The monoisotopic (exact) mass is 435 g/mol. The van der Waals surface area contributed by atoms with Crippen LogP contribution in [0.1, 0.15) is 25.7 Å². The molecule has 1 aromatic carbocycles. The van der Waals surface area contributed by atoms with E-state index in [1.165, 1.54) is 28.0 Å². The first-order valence-corrected chi connectivity index (χ1v) is 12.2. The summed E-state index contributed by atoms with van der Waals surface area (Å²) in [6, 6.07) is 14.5. The molecule has 0 spiro atoms. The van der Waals surface area contributed by atoms with Gasteiger partial charge in [0, 0.05) is 19.3 Å². The van der Waals surface area contributed by atoms with Gasteiger partial charge in [0.1, 0.15) is 5.82 Å². The summed E-state index contributed by atoms with van der Waals surface area (Å²) < 4.78 is 2.40. The average Bonchev–Trinajstić information content (AvgIpc) is 3.22. The highest BCUT2D eigenvalue weighted by atomic mass is 32.2. The molecule has 0 bridgehead atoms. The van der Waals surface area contributed by atoms with Gasteiger partial charge in [-0.1, -0.05) is 30.0 Å². The van der Waals surface area contributed by atoms with E-state index >= 15 is 0 Å². The normalized spacial score (nSPS) is 18.0. The Morgan fingerprint density at radius 1 is 0.967 bits per heavy atom. The van der Waals surface area contributed by atoms with Crippen LogP contribution in [0.2, 0.25) is 0 Å². The number of anilines is 1. The highest BCUT2D eigenvalue weighted by Gasteiger charge is 2.18. The molecule has 2 aliphatic rings. The van der Waals surface area contributed by atoms with Gasteiger partial charge < -0.3 is 4.90 Å². The molecule has 7 heteroatoms. The molecule has 0 N–H and O–H groups in total. The van der Waals surface area contributed by atoms with Crippen molar-refractivity contribution in [3.63, 3.8) is 0 Å². The third-order valence-corrected chi connectivity index (χ3v) is 7.86. The Labute approximate surface area is 185 Å². The second-order valence-electron chi connectivity index (χ2n) is 7.58. The number of aromatic nitrogens is 2. The lowest BCUT2D eigenvalue weighted by Crippen LogP contribution is -2.44. The fourth-order valence-electron chi connectivity index (χ4n) is 3.89. The first kappa shape index (κ1) is 19.6. The molecule has 1 aliphatic carbocycles. The van der Waals surface area contributed by atoms with Crippen molar-refractivity contribution < 1.29 is 0 Å². The van der Waals surface area contributed by atoms with Crippen molar-refractivity contribution in [2.75, 3.05) is 31.1 Å². The predicted octanol–water partition coefficient (Wildman–Crippen LogP) is 5.42. The highest BCUT2D eigenvalue weighted by molar-refractivity contribution is 8.04. The largest absolute Gasteiger partial charge is 0.353 e. The van der Waals surface area contributed by atoms with Gasteiger partial charge in [0.25, 0.3) is 0 Å². The Hall–Kier alpha value is -2.38. The molecular formula is C23H25N5S2. The number of hydrogen-bond donors (Lipinski definition) is 0. The Kier molecular flexibility index (Phi) is 5.99. The third-order valence-electron chi connectivity index (χ3n) is 5.55. The lowest BCUT2D eigenvalue weighted by molar-refractivity contribution is 0.271. The van der Waals surface area contributed by atoms with Gasteiger partial charge in [-0.3, -0.25) is 5.01 Å². The van der Waals surface area contributed by atoms with Gasteiger partial charge >= 0.3 is 0 Å². The van der Waals surface area contributed by atoms with Gasteiger partial charge in [-0.2, -0.15) is 5.10 Å². The zero-order valence-corrected chi connectivity index (χ0v) is 18.5. The first-order chi connectivity index (χ1) is 14.8. The third kappa shape index (κ3) is 4.52. The summed E-state index contributed by atoms with van der Waals surface area (Å²) >= 11 is 3.63. The van der Waals surface area contributed by atoms with Crippen LogP contribution >= 0.6 is 23.1 Å². The van der Waals surface area contributed by atoms with Gasteiger partial charge in [0.05, 0.1) is 29.5 Å². The maximum Gasteiger partial charge on any atom is 0.155 e. The lowest BCUT2D eigenvalue weighted by Gasteiger charge is -2.33. The number of hydrogen-bond acceptors (Lipinski definition) is 7. The lowest BCUT2D eigenvalue weighted by atomic mass is 10.0. The van der Waals surface area contributed by atoms with Crippen LogP contribution in [0.3, 0.4) is 0 Å². The molecule has 154 valence electrons. The SMILES string of the molecule is C(=N\N1CCN(c2ccccn2)CC1)/C1=C(Sc2nc3ccccc3s2)CCCC1. The first-order valence-electron chi connectivity index (χ1n) is 10.6. The van der Waals surface area contributed by atoms with Gasteiger partial charge in [0.15, 0.2) is 4.34 Å². The maximum absolute atomic E-state index is 4.84. The van der Waals surface area contributed by atoms with E-state index in [2.05, 4.69) is 51.4 Å². The second kappa shape index (κ2) is 9.18. The predicted molar refractivity (Wildman–Crippen MR) is 127 cm³/mol. The summed E-state index contributed by atoms with van der Waals surface area (Å²) in [5.74, 6) is 1.06. The fraction of sp³-hybridized carbons (Fsp3) is 0.348. The Morgan fingerprint density at radius 2 is 1.80 bits per heavy atom. The van der Waals surface area contributed by atoms with E-state index in [0.717, 1.165) is 54.7 Å². The van der Waals surface area contributed by atoms with E-state index in [4.69, 9.17) is 10.1 Å². The number of fused-ring (bicyclic) bond motifs is 1. The van der Waals surface area contributed by atoms with E-state index in [1.54, 1.807) is 11.3 Å². The van der Waals surface area contributed by atoms with Crippen LogP contribution in [0.5, 0.6) is 0 Å². The Morgan fingerprint density at radius 3 is 2.63 bits per heavy atom. The van der Waals surface area contributed by atoms with Crippen molar-refractivity contribution in [2.24, 2.45) is 5.10 Å². The van der Waals surface area contributed by atoms with Crippen LogP contribution in [-0.2, 0) is 0 Å². The zero-order valence-electron chi connectivity index (χ0n) is 16.9. The number of para-hydroxylation sites is 1. The van der Waals surface area contributed by atoms with E-state index in [0.29, 0.717) is 0 Å². The van der Waals surface area contributed by atoms with Gasteiger partial charge in [-0.15, -0.1) is 11.3 Å². The van der Waals surface area contributed by atoms with Crippen molar-refractivity contribution in [1.82, 2.24) is 15.0 Å². The molecule has 5 nitrogen and oxygen atoms in total. The molecule has 0 atom stereocenters. The van der Waals surface area contributed by atoms with Crippen molar-refractivity contribution in [3.8, 4) is 0 Å². The number of thioether (sulfide) groups is 1. The smallest absolute Gasteiger partial charge is 0.155 e. The summed E-state index contributed by atoms with van der Waals surface area (Å²) in [5.41, 5.74) is 2.49. The van der Waals surface area contributed by atoms with E-state index in [9.17, 15) is 0 Å². The van der Waals surface area contributed by atoms with E-state index in [-0.39, 0.29) is 0 Å². The molecule has 30 heavy (non-hydrogen) atoms. The van der Waals surface area contributed by atoms with Gasteiger partial charge in [-0.05, 0) is 60.4 Å². The van der Waals surface area contributed by atoms with Crippen LogP contribution in [0.4, 0.5) is 5.82 Å². The summed E-state index contributed by atoms with van der Waals surface area (Å²) in [6.45, 7) is 3.78. The second-order valence-corrected chi connectivity index (χ2v) is 9.95. The molecule has 2 aromatic heterocycles. The minimum Gasteiger partial charge on any atom is -0.353 e. The van der Waals surface area contributed by atoms with Crippen molar-refractivity contribution in [2.45, 2.75) is 30.0 Å². The number of rotatable bonds is 5. The van der Waals surface area contributed by atoms with E-state index in [1.807, 2.05) is 30.1 Å². The molecule has 1 aliphatic heterocycles. The number of piperazine rings is 1. The number of thiazole rings is 1. The van der Waals surface area contributed by atoms with Crippen LogP contribution < -0.4 is 4.90 Å². The minimum atomic E-state index is 0.931. The number of pyridine rings is 1. The summed E-state index contributed by atoms with van der Waals surface area (Å²) in [4.78, 5) is 13.1. The van der Waals surface area contributed by atoms with Crippen LogP contribution in [-0.4, -0.2) is 47.4 Å². The molecular weight excluding hydrogens is 410 g/mol. The average molecular weight is 436 g/mol. The molecule has 0 unspecified atom stereocenters. The quantitative estimate of drug-likeness (QED) is 0.501.